The Morgan fingerprint density at radius 1 is 1.32 bits per heavy atom. The molecule has 0 radical (unpaired) electrons. The van der Waals surface area contributed by atoms with E-state index < -0.39 is 0 Å². The molecule has 0 aromatic carbocycles. The van der Waals surface area contributed by atoms with Gasteiger partial charge in [0.1, 0.15) is 11.5 Å². The lowest BCUT2D eigenvalue weighted by Gasteiger charge is -2.14. The van der Waals surface area contributed by atoms with Gasteiger partial charge in [-0.15, -0.1) is 0 Å². The van der Waals surface area contributed by atoms with Crippen molar-refractivity contribution in [3.05, 3.63) is 53.7 Å². The SMILES string of the molecule is CC1CC1c1ccc(CN(C)Cc2cccnc2)o1. The molecule has 2 aromatic heterocycles. The second-order valence-electron chi connectivity index (χ2n) is 5.66. The van der Waals surface area contributed by atoms with Crippen LogP contribution in [0.3, 0.4) is 0 Å². The van der Waals surface area contributed by atoms with Crippen molar-refractivity contribution in [3.63, 3.8) is 0 Å². The van der Waals surface area contributed by atoms with E-state index in [0.717, 1.165) is 30.5 Å². The normalized spacial score (nSPS) is 21.8. The molecule has 2 unspecified atom stereocenters. The fourth-order valence-corrected chi connectivity index (χ4v) is 2.52. The molecular weight excluding hydrogens is 236 g/mol. The Labute approximate surface area is 114 Å². The highest BCUT2D eigenvalue weighted by molar-refractivity contribution is 5.17. The van der Waals surface area contributed by atoms with Crippen molar-refractivity contribution in [2.45, 2.75) is 32.4 Å². The van der Waals surface area contributed by atoms with Gasteiger partial charge in [-0.05, 0) is 43.1 Å². The van der Waals surface area contributed by atoms with Crippen LogP contribution in [0.25, 0.3) is 0 Å². The predicted octanol–water partition coefficient (Wildman–Crippen LogP) is 3.43. The summed E-state index contributed by atoms with van der Waals surface area (Å²) in [5, 5.41) is 0. The summed E-state index contributed by atoms with van der Waals surface area (Å²) in [5.41, 5.74) is 1.23. The van der Waals surface area contributed by atoms with Gasteiger partial charge in [0.2, 0.25) is 0 Å². The summed E-state index contributed by atoms with van der Waals surface area (Å²) in [6.07, 6.45) is 4.99. The third kappa shape index (κ3) is 3.04. The maximum Gasteiger partial charge on any atom is 0.118 e. The number of furan rings is 1. The summed E-state index contributed by atoms with van der Waals surface area (Å²) in [5.74, 6) is 3.68. The smallest absolute Gasteiger partial charge is 0.118 e. The van der Waals surface area contributed by atoms with Gasteiger partial charge < -0.3 is 4.42 Å². The summed E-state index contributed by atoms with van der Waals surface area (Å²) < 4.78 is 5.93. The molecule has 1 aliphatic carbocycles. The predicted molar refractivity (Wildman–Crippen MR) is 74.6 cm³/mol. The lowest BCUT2D eigenvalue weighted by molar-refractivity contribution is 0.283. The fraction of sp³-hybridized carbons (Fsp3) is 0.438. The van der Waals surface area contributed by atoms with Gasteiger partial charge in [0.15, 0.2) is 0 Å². The van der Waals surface area contributed by atoms with E-state index in [1.807, 2.05) is 12.3 Å². The zero-order valence-corrected chi connectivity index (χ0v) is 11.5. The summed E-state index contributed by atoms with van der Waals surface area (Å²) >= 11 is 0. The molecule has 1 saturated carbocycles. The largest absolute Gasteiger partial charge is 0.464 e. The molecule has 3 nitrogen and oxygen atoms in total. The van der Waals surface area contributed by atoms with Gasteiger partial charge in [0.25, 0.3) is 0 Å². The summed E-state index contributed by atoms with van der Waals surface area (Å²) in [7, 11) is 2.11. The minimum Gasteiger partial charge on any atom is -0.464 e. The van der Waals surface area contributed by atoms with Crippen LogP contribution in [0.4, 0.5) is 0 Å². The van der Waals surface area contributed by atoms with E-state index in [1.54, 1.807) is 6.20 Å². The second kappa shape index (κ2) is 5.17. The number of hydrogen-bond donors (Lipinski definition) is 0. The molecule has 0 spiro atoms. The minimum absolute atomic E-state index is 0.664. The van der Waals surface area contributed by atoms with Crippen molar-refractivity contribution in [2.75, 3.05) is 7.05 Å². The molecule has 19 heavy (non-hydrogen) atoms. The van der Waals surface area contributed by atoms with Crippen LogP contribution in [0, 0.1) is 5.92 Å². The summed E-state index contributed by atoms with van der Waals surface area (Å²) in [6, 6.07) is 8.33. The van der Waals surface area contributed by atoms with E-state index in [9.17, 15) is 0 Å². The molecule has 0 N–H and O–H groups in total. The Morgan fingerprint density at radius 3 is 2.84 bits per heavy atom. The van der Waals surface area contributed by atoms with Crippen molar-refractivity contribution in [2.24, 2.45) is 5.92 Å². The van der Waals surface area contributed by atoms with E-state index in [1.165, 1.54) is 12.0 Å². The van der Waals surface area contributed by atoms with Crippen LogP contribution in [0.5, 0.6) is 0 Å². The summed E-state index contributed by atoms with van der Waals surface area (Å²) in [4.78, 5) is 6.38. The minimum atomic E-state index is 0.664. The van der Waals surface area contributed by atoms with Gasteiger partial charge in [-0.25, -0.2) is 0 Å². The molecule has 2 atom stereocenters. The molecular formula is C16H20N2O. The average molecular weight is 256 g/mol. The van der Waals surface area contributed by atoms with Crippen molar-refractivity contribution < 1.29 is 4.42 Å². The molecule has 3 heteroatoms. The molecule has 1 fully saturated rings. The van der Waals surface area contributed by atoms with Gasteiger partial charge >= 0.3 is 0 Å². The van der Waals surface area contributed by atoms with Gasteiger partial charge in [-0.2, -0.15) is 0 Å². The van der Waals surface area contributed by atoms with Crippen LogP contribution >= 0.6 is 0 Å². The Morgan fingerprint density at radius 2 is 2.16 bits per heavy atom. The van der Waals surface area contributed by atoms with Gasteiger partial charge in [-0.3, -0.25) is 9.88 Å². The lowest BCUT2D eigenvalue weighted by Crippen LogP contribution is -2.16. The monoisotopic (exact) mass is 256 g/mol. The zero-order chi connectivity index (χ0) is 13.2. The van der Waals surface area contributed by atoms with Crippen LogP contribution in [-0.4, -0.2) is 16.9 Å². The summed E-state index contributed by atoms with van der Waals surface area (Å²) in [6.45, 7) is 4.01. The van der Waals surface area contributed by atoms with Crippen molar-refractivity contribution in [3.8, 4) is 0 Å². The molecule has 0 saturated heterocycles. The van der Waals surface area contributed by atoms with Crippen molar-refractivity contribution in [1.29, 1.82) is 0 Å². The first kappa shape index (κ1) is 12.4. The molecule has 1 aliphatic rings. The van der Waals surface area contributed by atoms with E-state index in [0.29, 0.717) is 5.92 Å². The lowest BCUT2D eigenvalue weighted by atomic mass is 10.2. The van der Waals surface area contributed by atoms with E-state index >= 15 is 0 Å². The first-order valence-corrected chi connectivity index (χ1v) is 6.88. The topological polar surface area (TPSA) is 29.3 Å². The van der Waals surface area contributed by atoms with Gasteiger partial charge in [0.05, 0.1) is 6.54 Å². The Bertz CT molecular complexity index is 535. The number of nitrogens with zero attached hydrogens (tertiary/aromatic N) is 2. The highest BCUT2D eigenvalue weighted by Gasteiger charge is 2.36. The average Bonchev–Trinajstić information content (AvgIpc) is 2.95. The highest BCUT2D eigenvalue weighted by atomic mass is 16.3. The molecule has 2 aromatic rings. The molecule has 100 valence electrons. The second-order valence-corrected chi connectivity index (χ2v) is 5.66. The van der Waals surface area contributed by atoms with E-state index in [-0.39, 0.29) is 0 Å². The van der Waals surface area contributed by atoms with Crippen LogP contribution < -0.4 is 0 Å². The molecule has 0 amide bonds. The van der Waals surface area contributed by atoms with Gasteiger partial charge in [-0.1, -0.05) is 13.0 Å². The number of pyridine rings is 1. The number of aromatic nitrogens is 1. The van der Waals surface area contributed by atoms with Crippen molar-refractivity contribution in [1.82, 2.24) is 9.88 Å². The maximum atomic E-state index is 5.93. The highest BCUT2D eigenvalue weighted by Crippen LogP contribution is 2.47. The third-order valence-electron chi connectivity index (χ3n) is 3.76. The van der Waals surface area contributed by atoms with Crippen LogP contribution in [0.1, 0.15) is 36.3 Å². The maximum absolute atomic E-state index is 5.93. The molecule has 0 bridgehead atoms. The Kier molecular flexibility index (Phi) is 3.38. The first-order valence-electron chi connectivity index (χ1n) is 6.88. The quantitative estimate of drug-likeness (QED) is 0.820. The van der Waals surface area contributed by atoms with Gasteiger partial charge in [0, 0.05) is 24.9 Å². The fourth-order valence-electron chi connectivity index (χ4n) is 2.52. The molecule has 0 aliphatic heterocycles. The first-order chi connectivity index (χ1) is 9.22. The number of rotatable bonds is 5. The molecule has 3 rings (SSSR count). The molecule has 2 heterocycles. The van der Waals surface area contributed by atoms with Crippen molar-refractivity contribution >= 4 is 0 Å². The van der Waals surface area contributed by atoms with Crippen LogP contribution in [0.2, 0.25) is 0 Å². The van der Waals surface area contributed by atoms with E-state index in [4.69, 9.17) is 4.42 Å². The Hall–Kier alpha value is -1.61. The number of hydrogen-bond acceptors (Lipinski definition) is 3. The van der Waals surface area contributed by atoms with E-state index in [2.05, 4.69) is 42.1 Å². The standard InChI is InChI=1S/C16H20N2O/c1-12-8-15(12)16-6-5-14(19-16)11-18(2)10-13-4-3-7-17-9-13/h3-7,9,12,15H,8,10-11H2,1-2H3. The Balaban J connectivity index is 1.57. The third-order valence-corrected chi connectivity index (χ3v) is 3.76. The van der Waals surface area contributed by atoms with Crippen LogP contribution in [0.15, 0.2) is 41.1 Å². The van der Waals surface area contributed by atoms with Crippen LogP contribution in [-0.2, 0) is 13.1 Å². The zero-order valence-electron chi connectivity index (χ0n) is 11.5.